The molecule has 2 heteroatoms. The van der Waals surface area contributed by atoms with E-state index in [9.17, 15) is 0 Å². The molecule has 1 heterocycles. The van der Waals surface area contributed by atoms with Gasteiger partial charge in [0, 0.05) is 12.6 Å². The second-order valence-corrected chi connectivity index (χ2v) is 6.42. The Balaban J connectivity index is 1.70. The van der Waals surface area contributed by atoms with Crippen molar-refractivity contribution in [3.05, 3.63) is 0 Å². The van der Waals surface area contributed by atoms with Crippen molar-refractivity contribution in [1.29, 1.82) is 0 Å². The van der Waals surface area contributed by atoms with E-state index in [4.69, 9.17) is 0 Å². The van der Waals surface area contributed by atoms with Gasteiger partial charge in [0.15, 0.2) is 0 Å². The zero-order chi connectivity index (χ0) is 12.3. The third-order valence-corrected chi connectivity index (χ3v) is 5.21. The summed E-state index contributed by atoms with van der Waals surface area (Å²) in [6, 6.07) is 0.869. The van der Waals surface area contributed by atoms with Crippen LogP contribution in [0.2, 0.25) is 0 Å². The van der Waals surface area contributed by atoms with E-state index in [0.717, 1.165) is 23.8 Å². The van der Waals surface area contributed by atoms with Crippen LogP contribution in [0.4, 0.5) is 0 Å². The van der Waals surface area contributed by atoms with Gasteiger partial charge < -0.3 is 10.2 Å². The van der Waals surface area contributed by atoms with Crippen LogP contribution in [-0.2, 0) is 0 Å². The van der Waals surface area contributed by atoms with Gasteiger partial charge in [0.1, 0.15) is 0 Å². The summed E-state index contributed by atoms with van der Waals surface area (Å²) in [6.45, 7) is 8.57. The Morgan fingerprint density at radius 1 is 1.18 bits per heavy atom. The van der Waals surface area contributed by atoms with Gasteiger partial charge in [-0.3, -0.25) is 0 Å². The topological polar surface area (TPSA) is 15.3 Å². The first-order valence-corrected chi connectivity index (χ1v) is 7.61. The molecule has 100 valence electrons. The van der Waals surface area contributed by atoms with E-state index in [1.54, 1.807) is 0 Å². The molecule has 17 heavy (non-hydrogen) atoms. The largest absolute Gasteiger partial charge is 0.316 e. The normalized spacial score (nSPS) is 32.5. The number of nitrogens with zero attached hydrogens (tertiary/aromatic N) is 1. The summed E-state index contributed by atoms with van der Waals surface area (Å²) in [6.07, 6.45) is 7.19. The van der Waals surface area contributed by atoms with Gasteiger partial charge in [-0.25, -0.2) is 0 Å². The average Bonchev–Trinajstić information content (AvgIpc) is 2.26. The van der Waals surface area contributed by atoms with Gasteiger partial charge in [-0.2, -0.15) is 0 Å². The highest BCUT2D eigenvalue weighted by molar-refractivity contribution is 4.83. The molecule has 2 nitrogen and oxygen atoms in total. The quantitative estimate of drug-likeness (QED) is 0.792. The molecule has 0 aromatic rings. The Morgan fingerprint density at radius 2 is 1.82 bits per heavy atom. The van der Waals surface area contributed by atoms with Gasteiger partial charge in [-0.05, 0) is 63.6 Å². The van der Waals surface area contributed by atoms with Gasteiger partial charge in [-0.15, -0.1) is 0 Å². The zero-order valence-electron chi connectivity index (χ0n) is 11.9. The highest BCUT2D eigenvalue weighted by Crippen LogP contribution is 2.29. The van der Waals surface area contributed by atoms with Crippen LogP contribution in [0.1, 0.15) is 46.0 Å². The fourth-order valence-electron chi connectivity index (χ4n) is 3.46. The molecular formula is C15H30N2. The second kappa shape index (κ2) is 6.19. The highest BCUT2D eigenvalue weighted by Gasteiger charge is 2.28. The summed E-state index contributed by atoms with van der Waals surface area (Å²) in [7, 11) is 2.35. The molecule has 1 aliphatic heterocycles. The molecule has 0 aromatic carbocycles. The van der Waals surface area contributed by atoms with Crippen LogP contribution in [0, 0.1) is 17.8 Å². The van der Waals surface area contributed by atoms with Gasteiger partial charge in [0.2, 0.25) is 0 Å². The number of hydrogen-bond donors (Lipinski definition) is 1. The Labute approximate surface area is 107 Å². The van der Waals surface area contributed by atoms with Gasteiger partial charge in [-0.1, -0.05) is 20.3 Å². The van der Waals surface area contributed by atoms with Crippen molar-refractivity contribution in [3.63, 3.8) is 0 Å². The first kappa shape index (κ1) is 13.4. The van der Waals surface area contributed by atoms with Crippen LogP contribution >= 0.6 is 0 Å². The SMILES string of the molecule is CCC1CCC(N(C)CC(C)C2CNC2)CC1. The summed E-state index contributed by atoms with van der Waals surface area (Å²) in [5, 5.41) is 3.39. The maximum absolute atomic E-state index is 3.39. The van der Waals surface area contributed by atoms with E-state index in [2.05, 4.69) is 31.1 Å². The van der Waals surface area contributed by atoms with Crippen LogP contribution < -0.4 is 5.32 Å². The maximum atomic E-state index is 3.39. The first-order valence-electron chi connectivity index (χ1n) is 7.61. The van der Waals surface area contributed by atoms with E-state index in [-0.39, 0.29) is 0 Å². The van der Waals surface area contributed by atoms with Crippen molar-refractivity contribution in [2.45, 2.75) is 52.0 Å². The van der Waals surface area contributed by atoms with Crippen LogP contribution in [0.15, 0.2) is 0 Å². The van der Waals surface area contributed by atoms with E-state index >= 15 is 0 Å². The standard InChI is InChI=1S/C15H30N2/c1-4-13-5-7-15(8-6-13)17(3)11-12(2)14-9-16-10-14/h12-16H,4-11H2,1-3H3. The average molecular weight is 238 g/mol. The Kier molecular flexibility index (Phi) is 4.87. The fourth-order valence-corrected chi connectivity index (χ4v) is 3.46. The molecule has 1 saturated carbocycles. The van der Waals surface area contributed by atoms with Gasteiger partial charge >= 0.3 is 0 Å². The maximum Gasteiger partial charge on any atom is 0.00925 e. The van der Waals surface area contributed by atoms with Crippen LogP contribution in [0.3, 0.4) is 0 Å². The summed E-state index contributed by atoms with van der Waals surface area (Å²) in [5.41, 5.74) is 0. The van der Waals surface area contributed by atoms with Crippen molar-refractivity contribution >= 4 is 0 Å². The van der Waals surface area contributed by atoms with Crippen molar-refractivity contribution in [2.24, 2.45) is 17.8 Å². The molecule has 1 aliphatic carbocycles. The molecule has 0 amide bonds. The molecule has 2 fully saturated rings. The Bertz CT molecular complexity index is 217. The molecule has 2 aliphatic rings. The lowest BCUT2D eigenvalue weighted by Gasteiger charge is -2.39. The fraction of sp³-hybridized carbons (Fsp3) is 1.00. The van der Waals surface area contributed by atoms with Gasteiger partial charge in [0.05, 0.1) is 0 Å². The summed E-state index contributed by atoms with van der Waals surface area (Å²) >= 11 is 0. The van der Waals surface area contributed by atoms with Crippen LogP contribution in [-0.4, -0.2) is 37.6 Å². The predicted octanol–water partition coefficient (Wildman–Crippen LogP) is 2.74. The summed E-state index contributed by atoms with van der Waals surface area (Å²) < 4.78 is 0. The van der Waals surface area contributed by atoms with Gasteiger partial charge in [0.25, 0.3) is 0 Å². The lowest BCUT2D eigenvalue weighted by atomic mass is 9.83. The van der Waals surface area contributed by atoms with Crippen molar-refractivity contribution in [1.82, 2.24) is 10.2 Å². The first-order chi connectivity index (χ1) is 8.20. The number of hydrogen-bond acceptors (Lipinski definition) is 2. The minimum absolute atomic E-state index is 0.866. The molecule has 0 bridgehead atoms. The van der Waals surface area contributed by atoms with Crippen molar-refractivity contribution < 1.29 is 0 Å². The van der Waals surface area contributed by atoms with E-state index in [1.807, 2.05) is 0 Å². The zero-order valence-corrected chi connectivity index (χ0v) is 11.9. The molecule has 1 saturated heterocycles. The molecule has 0 spiro atoms. The smallest absolute Gasteiger partial charge is 0.00925 e. The predicted molar refractivity (Wildman–Crippen MR) is 74.2 cm³/mol. The molecule has 1 atom stereocenters. The summed E-state index contributed by atoms with van der Waals surface area (Å²) in [4.78, 5) is 2.65. The van der Waals surface area contributed by atoms with Crippen LogP contribution in [0.25, 0.3) is 0 Å². The van der Waals surface area contributed by atoms with E-state index < -0.39 is 0 Å². The lowest BCUT2D eigenvalue weighted by molar-refractivity contribution is 0.118. The monoisotopic (exact) mass is 238 g/mol. The Hall–Kier alpha value is -0.0800. The summed E-state index contributed by atoms with van der Waals surface area (Å²) in [5.74, 6) is 2.82. The third-order valence-electron chi connectivity index (χ3n) is 5.21. The van der Waals surface area contributed by atoms with Crippen molar-refractivity contribution in [2.75, 3.05) is 26.7 Å². The molecular weight excluding hydrogens is 208 g/mol. The molecule has 1 N–H and O–H groups in total. The van der Waals surface area contributed by atoms with E-state index in [0.29, 0.717) is 0 Å². The number of nitrogens with one attached hydrogen (secondary N) is 1. The minimum atomic E-state index is 0.866. The third kappa shape index (κ3) is 3.45. The minimum Gasteiger partial charge on any atom is -0.316 e. The highest BCUT2D eigenvalue weighted by atomic mass is 15.1. The molecule has 2 rings (SSSR count). The number of rotatable bonds is 5. The van der Waals surface area contributed by atoms with Crippen molar-refractivity contribution in [3.8, 4) is 0 Å². The lowest BCUT2D eigenvalue weighted by Crippen LogP contribution is -2.49. The van der Waals surface area contributed by atoms with E-state index in [1.165, 1.54) is 51.7 Å². The van der Waals surface area contributed by atoms with Crippen LogP contribution in [0.5, 0.6) is 0 Å². The molecule has 0 aromatic heterocycles. The molecule has 1 unspecified atom stereocenters. The Morgan fingerprint density at radius 3 is 2.29 bits per heavy atom. The molecule has 0 radical (unpaired) electrons. The second-order valence-electron chi connectivity index (χ2n) is 6.42.